The fourth-order valence-electron chi connectivity index (χ4n) is 3.18. The highest BCUT2D eigenvalue weighted by Crippen LogP contribution is 2.22. The molecule has 0 unspecified atom stereocenters. The fraction of sp³-hybridized carbons (Fsp3) is 0.381. The van der Waals surface area contributed by atoms with Crippen LogP contribution in [-0.2, 0) is 10.0 Å². The number of sulfonamides is 1. The van der Waals surface area contributed by atoms with Crippen LogP contribution in [0.4, 0.5) is 5.69 Å². The number of pyridine rings is 1. The van der Waals surface area contributed by atoms with Crippen molar-refractivity contribution in [1.29, 1.82) is 0 Å². The first-order chi connectivity index (χ1) is 14.4. The highest BCUT2D eigenvalue weighted by atomic mass is 32.2. The fourth-order valence-corrected chi connectivity index (χ4v) is 4.32. The van der Waals surface area contributed by atoms with E-state index in [1.165, 1.54) is 12.1 Å². The summed E-state index contributed by atoms with van der Waals surface area (Å²) in [4.78, 5) is 18.6. The third kappa shape index (κ3) is 5.35. The van der Waals surface area contributed by atoms with Crippen molar-refractivity contribution >= 4 is 27.5 Å². The SMILES string of the molecule is CCOc1ncccc1C(=O)Nc1cccc(S(=O)(=O)/N=C2/CCCCCN2C)c1. The molecule has 1 N–H and O–H groups in total. The molecule has 160 valence electrons. The molecule has 0 saturated carbocycles. The third-order valence-electron chi connectivity index (χ3n) is 4.75. The summed E-state index contributed by atoms with van der Waals surface area (Å²) >= 11 is 0. The second-order valence-electron chi connectivity index (χ2n) is 6.99. The second kappa shape index (κ2) is 9.71. The first kappa shape index (κ1) is 21.8. The maximum Gasteiger partial charge on any atom is 0.284 e. The molecule has 1 aromatic carbocycles. The van der Waals surface area contributed by atoms with E-state index < -0.39 is 15.9 Å². The van der Waals surface area contributed by atoms with Gasteiger partial charge in [0.2, 0.25) is 5.88 Å². The summed E-state index contributed by atoms with van der Waals surface area (Å²) in [6.07, 6.45) is 5.17. The summed E-state index contributed by atoms with van der Waals surface area (Å²) < 4.78 is 35.2. The molecule has 1 aromatic heterocycles. The zero-order chi connectivity index (χ0) is 21.6. The minimum Gasteiger partial charge on any atom is -0.477 e. The summed E-state index contributed by atoms with van der Waals surface area (Å²) in [7, 11) is -2.03. The van der Waals surface area contributed by atoms with Crippen molar-refractivity contribution in [1.82, 2.24) is 9.88 Å². The van der Waals surface area contributed by atoms with Gasteiger partial charge in [-0.15, -0.1) is 4.40 Å². The molecule has 2 heterocycles. The molecule has 1 aliphatic rings. The van der Waals surface area contributed by atoms with Crippen molar-refractivity contribution in [2.45, 2.75) is 37.5 Å². The van der Waals surface area contributed by atoms with Crippen molar-refractivity contribution in [2.24, 2.45) is 4.40 Å². The molecule has 1 fully saturated rings. The molecular weight excluding hydrogens is 404 g/mol. The van der Waals surface area contributed by atoms with Gasteiger partial charge in [0.25, 0.3) is 15.9 Å². The van der Waals surface area contributed by atoms with E-state index in [1.807, 2.05) is 11.9 Å². The number of hydrogen-bond acceptors (Lipinski definition) is 5. The number of benzene rings is 1. The Labute approximate surface area is 177 Å². The molecule has 8 nitrogen and oxygen atoms in total. The number of amidine groups is 1. The van der Waals surface area contributed by atoms with Crippen LogP contribution in [0.15, 0.2) is 51.9 Å². The topological polar surface area (TPSA) is 101 Å². The van der Waals surface area contributed by atoms with Crippen LogP contribution in [0.25, 0.3) is 0 Å². The predicted octanol–water partition coefficient (Wildman–Crippen LogP) is 3.33. The summed E-state index contributed by atoms with van der Waals surface area (Å²) in [6.45, 7) is 2.97. The van der Waals surface area contributed by atoms with Gasteiger partial charge in [-0.1, -0.05) is 12.5 Å². The number of carbonyl (C=O) groups excluding carboxylic acids is 1. The number of hydrogen-bond donors (Lipinski definition) is 1. The maximum atomic E-state index is 12.8. The molecular formula is C21H26N4O4S. The molecule has 1 aliphatic heterocycles. The van der Waals surface area contributed by atoms with Crippen LogP contribution in [-0.4, -0.2) is 50.2 Å². The molecule has 1 saturated heterocycles. The Balaban J connectivity index is 1.83. The molecule has 9 heteroatoms. The van der Waals surface area contributed by atoms with Crippen molar-refractivity contribution in [2.75, 3.05) is 25.5 Å². The van der Waals surface area contributed by atoms with Gasteiger partial charge in [-0.25, -0.2) is 4.98 Å². The van der Waals surface area contributed by atoms with Crippen LogP contribution in [0.3, 0.4) is 0 Å². The van der Waals surface area contributed by atoms with E-state index in [9.17, 15) is 13.2 Å². The van der Waals surface area contributed by atoms with Gasteiger partial charge in [0.05, 0.1) is 11.5 Å². The number of aromatic nitrogens is 1. The monoisotopic (exact) mass is 430 g/mol. The first-order valence-electron chi connectivity index (χ1n) is 9.95. The van der Waals surface area contributed by atoms with Gasteiger partial charge >= 0.3 is 0 Å². The number of rotatable bonds is 6. The summed E-state index contributed by atoms with van der Waals surface area (Å²) in [6, 6.07) is 9.32. The molecule has 0 aliphatic carbocycles. The standard InChI is InChI=1S/C21H26N4O4S/c1-3-29-21-18(11-8-13-22-21)20(26)23-16-9-7-10-17(15-16)30(27,28)24-19-12-5-4-6-14-25(19)2/h7-11,13,15H,3-6,12,14H2,1-2H3,(H,23,26)/b24-19-. The minimum absolute atomic E-state index is 0.0293. The van der Waals surface area contributed by atoms with Crippen molar-refractivity contribution in [3.8, 4) is 5.88 Å². The van der Waals surface area contributed by atoms with Gasteiger partial charge in [-0.2, -0.15) is 8.42 Å². The van der Waals surface area contributed by atoms with E-state index in [1.54, 1.807) is 37.4 Å². The van der Waals surface area contributed by atoms with Crippen LogP contribution >= 0.6 is 0 Å². The average molecular weight is 431 g/mol. The Hall–Kier alpha value is -2.94. The molecule has 1 amide bonds. The lowest BCUT2D eigenvalue weighted by molar-refractivity contribution is 0.102. The third-order valence-corrected chi connectivity index (χ3v) is 6.05. The number of amides is 1. The number of nitrogens with zero attached hydrogens (tertiary/aromatic N) is 3. The molecule has 0 bridgehead atoms. The Morgan fingerprint density at radius 1 is 1.23 bits per heavy atom. The zero-order valence-corrected chi connectivity index (χ0v) is 18.0. The van der Waals surface area contributed by atoms with Crippen LogP contribution in [0.5, 0.6) is 5.88 Å². The minimum atomic E-state index is -3.89. The van der Waals surface area contributed by atoms with Crippen molar-refractivity contribution in [3.05, 3.63) is 48.2 Å². The number of carbonyl (C=O) groups is 1. The number of anilines is 1. The molecule has 0 atom stereocenters. The predicted molar refractivity (Wildman–Crippen MR) is 116 cm³/mol. The Morgan fingerprint density at radius 2 is 2.07 bits per heavy atom. The molecule has 3 rings (SSSR count). The highest BCUT2D eigenvalue weighted by molar-refractivity contribution is 7.90. The van der Waals surface area contributed by atoms with Gasteiger partial charge < -0.3 is 15.0 Å². The highest BCUT2D eigenvalue weighted by Gasteiger charge is 2.19. The van der Waals surface area contributed by atoms with E-state index in [0.717, 1.165) is 25.8 Å². The van der Waals surface area contributed by atoms with Crippen molar-refractivity contribution in [3.63, 3.8) is 0 Å². The Bertz CT molecular complexity index is 1040. The molecule has 0 radical (unpaired) electrons. The lowest BCUT2D eigenvalue weighted by Gasteiger charge is -2.17. The maximum absolute atomic E-state index is 12.8. The quantitative estimate of drug-likeness (QED) is 0.754. The van der Waals surface area contributed by atoms with E-state index in [0.29, 0.717) is 24.6 Å². The van der Waals surface area contributed by atoms with Crippen molar-refractivity contribution < 1.29 is 17.9 Å². The van der Waals surface area contributed by atoms with Crippen LogP contribution in [0, 0.1) is 0 Å². The van der Waals surface area contributed by atoms with E-state index in [4.69, 9.17) is 4.74 Å². The smallest absolute Gasteiger partial charge is 0.284 e. The van der Waals surface area contributed by atoms with Gasteiger partial charge in [0.15, 0.2) is 0 Å². The lowest BCUT2D eigenvalue weighted by Crippen LogP contribution is -2.26. The average Bonchev–Trinajstić information content (AvgIpc) is 2.93. The summed E-state index contributed by atoms with van der Waals surface area (Å²) in [5.41, 5.74) is 0.620. The number of nitrogens with one attached hydrogen (secondary N) is 1. The summed E-state index contributed by atoms with van der Waals surface area (Å²) in [5.74, 6) is 0.360. The summed E-state index contributed by atoms with van der Waals surface area (Å²) in [5, 5.41) is 2.71. The van der Waals surface area contributed by atoms with Gasteiger partial charge in [0, 0.05) is 31.9 Å². The number of ether oxygens (including phenoxy) is 1. The lowest BCUT2D eigenvalue weighted by atomic mass is 10.2. The van der Waals surface area contributed by atoms with E-state index in [2.05, 4.69) is 14.7 Å². The van der Waals surface area contributed by atoms with Gasteiger partial charge in [-0.05, 0) is 50.1 Å². The Kier molecular flexibility index (Phi) is 7.04. The number of likely N-dealkylation sites (tertiary alicyclic amines) is 1. The van der Waals surface area contributed by atoms with Gasteiger partial charge in [0.1, 0.15) is 11.4 Å². The molecule has 0 spiro atoms. The second-order valence-corrected chi connectivity index (χ2v) is 8.59. The Morgan fingerprint density at radius 3 is 2.87 bits per heavy atom. The normalized spacial score (nSPS) is 16.2. The first-order valence-corrected chi connectivity index (χ1v) is 11.4. The molecule has 2 aromatic rings. The van der Waals surface area contributed by atoms with Crippen LogP contribution in [0.1, 0.15) is 43.0 Å². The van der Waals surface area contributed by atoms with E-state index >= 15 is 0 Å². The van der Waals surface area contributed by atoms with E-state index in [-0.39, 0.29) is 16.3 Å². The van der Waals surface area contributed by atoms with Crippen LogP contribution < -0.4 is 10.1 Å². The zero-order valence-electron chi connectivity index (χ0n) is 17.2. The van der Waals surface area contributed by atoms with Crippen LogP contribution in [0.2, 0.25) is 0 Å². The largest absolute Gasteiger partial charge is 0.477 e. The molecule has 30 heavy (non-hydrogen) atoms. The van der Waals surface area contributed by atoms with Gasteiger partial charge in [-0.3, -0.25) is 4.79 Å².